The summed E-state index contributed by atoms with van der Waals surface area (Å²) >= 11 is 0. The van der Waals surface area contributed by atoms with Crippen molar-refractivity contribution in [2.45, 2.75) is 46.1 Å². The SMILES string of the molecule is CN=C(NCC(C)(C)c1ccc2c(c1)OCO2)NC(C)C(C)C.I. The molecule has 5 nitrogen and oxygen atoms in total. The van der Waals surface area contributed by atoms with E-state index in [0.29, 0.717) is 18.8 Å². The molecule has 1 heterocycles. The Hall–Kier alpha value is -1.18. The average Bonchev–Trinajstić information content (AvgIpc) is 2.98. The van der Waals surface area contributed by atoms with E-state index >= 15 is 0 Å². The van der Waals surface area contributed by atoms with Crippen LogP contribution in [0.15, 0.2) is 23.2 Å². The van der Waals surface area contributed by atoms with Crippen molar-refractivity contribution < 1.29 is 9.47 Å². The highest BCUT2D eigenvalue weighted by Crippen LogP contribution is 2.36. The van der Waals surface area contributed by atoms with Gasteiger partial charge >= 0.3 is 0 Å². The van der Waals surface area contributed by atoms with Crippen molar-refractivity contribution in [2.75, 3.05) is 20.4 Å². The minimum atomic E-state index is -0.0559. The van der Waals surface area contributed by atoms with Crippen molar-refractivity contribution in [3.63, 3.8) is 0 Å². The van der Waals surface area contributed by atoms with Gasteiger partial charge in [-0.25, -0.2) is 0 Å². The highest BCUT2D eigenvalue weighted by molar-refractivity contribution is 14.0. The second-order valence-corrected chi connectivity index (χ2v) is 7.05. The molecular weight excluding hydrogens is 417 g/mol. The number of ether oxygens (including phenoxy) is 2. The predicted octanol–water partition coefficient (Wildman–Crippen LogP) is 3.52. The number of rotatable bonds is 5. The Morgan fingerprint density at radius 1 is 1.21 bits per heavy atom. The number of fused-ring (bicyclic) bond motifs is 1. The molecule has 0 radical (unpaired) electrons. The van der Waals surface area contributed by atoms with Gasteiger partial charge in [0.2, 0.25) is 6.79 Å². The van der Waals surface area contributed by atoms with E-state index in [1.807, 2.05) is 6.07 Å². The molecule has 0 saturated heterocycles. The molecule has 24 heavy (non-hydrogen) atoms. The van der Waals surface area contributed by atoms with Crippen LogP contribution in [0, 0.1) is 5.92 Å². The minimum absolute atomic E-state index is 0. The Balaban J connectivity index is 0.00000288. The number of benzene rings is 1. The van der Waals surface area contributed by atoms with Gasteiger partial charge in [-0.1, -0.05) is 33.8 Å². The lowest BCUT2D eigenvalue weighted by atomic mass is 9.84. The fraction of sp³-hybridized carbons (Fsp3) is 0.611. The largest absolute Gasteiger partial charge is 0.454 e. The van der Waals surface area contributed by atoms with Crippen molar-refractivity contribution in [3.8, 4) is 11.5 Å². The summed E-state index contributed by atoms with van der Waals surface area (Å²) in [4.78, 5) is 4.31. The topological polar surface area (TPSA) is 54.9 Å². The summed E-state index contributed by atoms with van der Waals surface area (Å²) in [7, 11) is 1.80. The first kappa shape index (κ1) is 20.9. The molecule has 2 N–H and O–H groups in total. The van der Waals surface area contributed by atoms with E-state index in [2.05, 4.69) is 62.4 Å². The van der Waals surface area contributed by atoms with Gasteiger partial charge in [0.1, 0.15) is 0 Å². The summed E-state index contributed by atoms with van der Waals surface area (Å²) in [6.07, 6.45) is 0. The molecule has 136 valence electrons. The number of guanidine groups is 1. The zero-order valence-corrected chi connectivity index (χ0v) is 17.8. The summed E-state index contributed by atoms with van der Waals surface area (Å²) in [6.45, 7) is 12.1. The minimum Gasteiger partial charge on any atom is -0.454 e. The van der Waals surface area contributed by atoms with E-state index in [1.54, 1.807) is 7.05 Å². The lowest BCUT2D eigenvalue weighted by molar-refractivity contribution is 0.174. The Labute approximate surface area is 162 Å². The number of aliphatic imine (C=N–C) groups is 1. The molecule has 2 rings (SSSR count). The first-order valence-corrected chi connectivity index (χ1v) is 8.21. The van der Waals surface area contributed by atoms with E-state index in [1.165, 1.54) is 5.56 Å². The molecule has 1 aliphatic heterocycles. The van der Waals surface area contributed by atoms with Crippen molar-refractivity contribution in [1.29, 1.82) is 0 Å². The van der Waals surface area contributed by atoms with Gasteiger partial charge in [-0.15, -0.1) is 24.0 Å². The second-order valence-electron chi connectivity index (χ2n) is 7.05. The fourth-order valence-corrected chi connectivity index (χ4v) is 2.30. The van der Waals surface area contributed by atoms with Crippen LogP contribution < -0.4 is 20.1 Å². The number of hydrogen-bond acceptors (Lipinski definition) is 3. The predicted molar refractivity (Wildman–Crippen MR) is 110 cm³/mol. The zero-order chi connectivity index (χ0) is 17.0. The van der Waals surface area contributed by atoms with Crippen LogP contribution >= 0.6 is 24.0 Å². The van der Waals surface area contributed by atoms with E-state index in [-0.39, 0.29) is 29.4 Å². The van der Waals surface area contributed by atoms with E-state index < -0.39 is 0 Å². The molecule has 0 saturated carbocycles. The molecule has 0 spiro atoms. The van der Waals surface area contributed by atoms with Crippen LogP contribution in [-0.4, -0.2) is 32.4 Å². The van der Waals surface area contributed by atoms with Crippen molar-refractivity contribution in [2.24, 2.45) is 10.9 Å². The van der Waals surface area contributed by atoms with Gasteiger partial charge in [0.25, 0.3) is 0 Å². The number of halogens is 1. The third-order valence-corrected chi connectivity index (χ3v) is 4.44. The highest BCUT2D eigenvalue weighted by atomic mass is 127. The van der Waals surface area contributed by atoms with Crippen LogP contribution in [0.3, 0.4) is 0 Å². The highest BCUT2D eigenvalue weighted by Gasteiger charge is 2.24. The Bertz CT molecular complexity index is 573. The third kappa shape index (κ3) is 5.16. The van der Waals surface area contributed by atoms with Gasteiger partial charge in [-0.3, -0.25) is 4.99 Å². The maximum Gasteiger partial charge on any atom is 0.231 e. The molecule has 1 aromatic carbocycles. The molecule has 0 aromatic heterocycles. The number of nitrogens with zero attached hydrogens (tertiary/aromatic N) is 1. The molecule has 0 amide bonds. The quantitative estimate of drug-likeness (QED) is 0.412. The van der Waals surface area contributed by atoms with Gasteiger partial charge in [0.15, 0.2) is 17.5 Å². The monoisotopic (exact) mass is 447 g/mol. The molecular formula is C18H30IN3O2. The van der Waals surface area contributed by atoms with E-state index in [4.69, 9.17) is 9.47 Å². The molecule has 1 aromatic rings. The molecule has 0 bridgehead atoms. The maximum atomic E-state index is 5.48. The van der Waals surface area contributed by atoms with Gasteiger partial charge < -0.3 is 20.1 Å². The van der Waals surface area contributed by atoms with Gasteiger partial charge in [-0.05, 0) is 30.5 Å². The summed E-state index contributed by atoms with van der Waals surface area (Å²) in [5, 5.41) is 6.85. The van der Waals surface area contributed by atoms with Crippen LogP contribution in [0.1, 0.15) is 40.2 Å². The summed E-state index contributed by atoms with van der Waals surface area (Å²) in [6, 6.07) is 6.52. The van der Waals surface area contributed by atoms with Crippen LogP contribution in [0.4, 0.5) is 0 Å². The Morgan fingerprint density at radius 3 is 2.50 bits per heavy atom. The average molecular weight is 447 g/mol. The summed E-state index contributed by atoms with van der Waals surface area (Å²) in [5.41, 5.74) is 1.15. The molecule has 0 fully saturated rings. The number of hydrogen-bond donors (Lipinski definition) is 2. The van der Waals surface area contributed by atoms with Crippen molar-refractivity contribution in [3.05, 3.63) is 23.8 Å². The Morgan fingerprint density at radius 2 is 1.88 bits per heavy atom. The van der Waals surface area contributed by atoms with Crippen molar-refractivity contribution in [1.82, 2.24) is 10.6 Å². The van der Waals surface area contributed by atoms with Crippen LogP contribution in [0.5, 0.6) is 11.5 Å². The first-order chi connectivity index (χ1) is 10.8. The van der Waals surface area contributed by atoms with E-state index in [9.17, 15) is 0 Å². The van der Waals surface area contributed by atoms with Crippen LogP contribution in [0.25, 0.3) is 0 Å². The third-order valence-electron chi connectivity index (χ3n) is 4.44. The van der Waals surface area contributed by atoms with Crippen molar-refractivity contribution >= 4 is 29.9 Å². The second kappa shape index (κ2) is 8.78. The lowest BCUT2D eigenvalue weighted by Crippen LogP contribution is -2.47. The van der Waals surface area contributed by atoms with Gasteiger partial charge in [0.05, 0.1) is 0 Å². The first-order valence-electron chi connectivity index (χ1n) is 8.21. The van der Waals surface area contributed by atoms with E-state index in [0.717, 1.165) is 24.0 Å². The molecule has 1 atom stereocenters. The van der Waals surface area contributed by atoms with Gasteiger partial charge in [-0.2, -0.15) is 0 Å². The lowest BCUT2D eigenvalue weighted by Gasteiger charge is -2.28. The molecule has 1 unspecified atom stereocenters. The maximum absolute atomic E-state index is 5.48. The number of nitrogens with one attached hydrogen (secondary N) is 2. The molecule has 6 heteroatoms. The summed E-state index contributed by atoms with van der Waals surface area (Å²) < 4.78 is 10.9. The molecule has 1 aliphatic rings. The van der Waals surface area contributed by atoms with Crippen LogP contribution in [0.2, 0.25) is 0 Å². The zero-order valence-electron chi connectivity index (χ0n) is 15.5. The smallest absolute Gasteiger partial charge is 0.231 e. The molecule has 0 aliphatic carbocycles. The Kier molecular flexibility index (Phi) is 7.63. The summed E-state index contributed by atoms with van der Waals surface area (Å²) in [5.74, 6) is 3.03. The normalized spacial score (nSPS) is 15.0. The van der Waals surface area contributed by atoms with Crippen LogP contribution in [-0.2, 0) is 5.41 Å². The standard InChI is InChI=1S/C18H29N3O2.HI/c1-12(2)13(3)21-17(19-6)20-10-18(4,5)14-7-8-15-16(9-14)23-11-22-15;/h7-9,12-13H,10-11H2,1-6H3,(H2,19,20,21);1H. The fourth-order valence-electron chi connectivity index (χ4n) is 2.30. The van der Waals surface area contributed by atoms with Gasteiger partial charge in [0, 0.05) is 25.0 Å².